The smallest absolute Gasteiger partial charge is 0.313 e. The Morgan fingerprint density at radius 1 is 0.612 bits per heavy atom. The number of carbonyl (C=O) groups excluding carboxylic acids is 2. The number of esters is 1. The first-order chi connectivity index (χ1) is 23.6. The molecule has 0 radical (unpaired) electrons. The Morgan fingerprint density at radius 2 is 1.08 bits per heavy atom. The van der Waals surface area contributed by atoms with Crippen LogP contribution in [-0.4, -0.2) is 67.1 Å². The molecule has 0 aliphatic rings. The van der Waals surface area contributed by atoms with E-state index in [1.807, 2.05) is 6.92 Å². The molecule has 0 bridgehead atoms. The van der Waals surface area contributed by atoms with E-state index < -0.39 is 0 Å². The second-order valence-corrected chi connectivity index (χ2v) is 16.7. The summed E-state index contributed by atoms with van der Waals surface area (Å²) < 4.78 is 5.61. The summed E-state index contributed by atoms with van der Waals surface area (Å²) in [5.74, 6) is 1.94. The molecule has 6 heteroatoms. The van der Waals surface area contributed by atoms with E-state index in [4.69, 9.17) is 4.74 Å². The average Bonchev–Trinajstić information content (AvgIpc) is 3.05. The zero-order chi connectivity index (χ0) is 36.1. The lowest BCUT2D eigenvalue weighted by Crippen LogP contribution is -2.30. The van der Waals surface area contributed by atoms with Gasteiger partial charge in [-0.05, 0) is 76.1 Å². The molecule has 1 atom stereocenters. The van der Waals surface area contributed by atoms with Crippen LogP contribution in [0.1, 0.15) is 174 Å². The minimum atomic E-state index is -0.244. The Hall–Kier alpha value is -1.53. The molecule has 0 N–H and O–H groups in total. The number of amides is 1. The monoisotopic (exact) mass is 703 g/mol. The van der Waals surface area contributed by atoms with E-state index in [-0.39, 0.29) is 17.1 Å². The van der Waals surface area contributed by atoms with Crippen LogP contribution in [0.5, 0.6) is 0 Å². The van der Waals surface area contributed by atoms with Crippen LogP contribution in [0.4, 0.5) is 4.79 Å². The molecular weight excluding hydrogens is 625 g/mol. The number of thioether (sulfide) groups is 1. The van der Waals surface area contributed by atoms with Gasteiger partial charge < -0.3 is 14.5 Å². The van der Waals surface area contributed by atoms with Crippen molar-refractivity contribution in [2.75, 3.05) is 46.1 Å². The summed E-state index contributed by atoms with van der Waals surface area (Å²) in [7, 11) is 4.12. The van der Waals surface area contributed by atoms with Crippen LogP contribution in [0.2, 0.25) is 0 Å². The zero-order valence-electron chi connectivity index (χ0n) is 33.2. The third kappa shape index (κ3) is 26.0. The number of unbranched alkanes of at least 4 members (excludes halogenated alkanes) is 16. The molecule has 5 nitrogen and oxygen atoms in total. The van der Waals surface area contributed by atoms with Crippen molar-refractivity contribution in [2.24, 2.45) is 11.8 Å². The number of carbonyl (C=O) groups is 2. The van der Waals surface area contributed by atoms with Gasteiger partial charge in [0.25, 0.3) is 5.24 Å². The lowest BCUT2D eigenvalue weighted by Gasteiger charge is -2.22. The van der Waals surface area contributed by atoms with Gasteiger partial charge in [0, 0.05) is 25.4 Å². The van der Waals surface area contributed by atoms with E-state index in [0.29, 0.717) is 12.5 Å². The maximum atomic E-state index is 13.0. The van der Waals surface area contributed by atoms with Gasteiger partial charge in [-0.25, -0.2) is 0 Å². The molecule has 0 heterocycles. The highest BCUT2D eigenvalue weighted by atomic mass is 32.2. The fourth-order valence-corrected chi connectivity index (χ4v) is 7.28. The molecule has 1 aromatic rings. The van der Waals surface area contributed by atoms with Crippen molar-refractivity contribution in [1.82, 2.24) is 9.80 Å². The van der Waals surface area contributed by atoms with Gasteiger partial charge in [0.05, 0.1) is 12.5 Å². The normalized spacial score (nSPS) is 12.3. The highest BCUT2D eigenvalue weighted by molar-refractivity contribution is 8.13. The first-order valence-electron chi connectivity index (χ1n) is 20.4. The summed E-state index contributed by atoms with van der Waals surface area (Å²) in [4.78, 5) is 29.9. The van der Waals surface area contributed by atoms with Crippen molar-refractivity contribution < 1.29 is 14.3 Å². The Kier molecular flexibility index (Phi) is 28.0. The molecule has 1 amide bonds. The maximum absolute atomic E-state index is 13.0. The molecular formula is C43H78N2O3S. The Morgan fingerprint density at radius 3 is 1.55 bits per heavy atom. The van der Waals surface area contributed by atoms with Gasteiger partial charge >= 0.3 is 5.97 Å². The molecule has 1 rings (SSSR count). The molecule has 0 saturated heterocycles. The van der Waals surface area contributed by atoms with E-state index >= 15 is 0 Å². The summed E-state index contributed by atoms with van der Waals surface area (Å²) in [6.07, 6.45) is 25.4. The van der Waals surface area contributed by atoms with Gasteiger partial charge in [-0.1, -0.05) is 160 Å². The molecule has 0 aliphatic heterocycles. The van der Waals surface area contributed by atoms with Gasteiger partial charge in [0.15, 0.2) is 0 Å². The third-order valence-corrected chi connectivity index (χ3v) is 10.4. The minimum Gasteiger partial charge on any atom is -0.465 e. The van der Waals surface area contributed by atoms with Gasteiger partial charge in [-0.2, -0.15) is 0 Å². The van der Waals surface area contributed by atoms with Gasteiger partial charge in [-0.3, -0.25) is 9.59 Å². The molecule has 1 unspecified atom stereocenters. The maximum Gasteiger partial charge on any atom is 0.313 e. The van der Waals surface area contributed by atoms with Crippen molar-refractivity contribution >= 4 is 23.0 Å². The van der Waals surface area contributed by atoms with Gasteiger partial charge in [-0.15, -0.1) is 0 Å². The van der Waals surface area contributed by atoms with Crippen LogP contribution in [0.25, 0.3) is 0 Å². The summed E-state index contributed by atoms with van der Waals surface area (Å²) in [6, 6.07) is 8.40. The number of ether oxygens (including phenoxy) is 1. The highest BCUT2D eigenvalue weighted by Gasteiger charge is 2.17. The molecule has 0 fully saturated rings. The fourth-order valence-electron chi connectivity index (χ4n) is 6.28. The lowest BCUT2D eigenvalue weighted by atomic mass is 9.97. The van der Waals surface area contributed by atoms with Gasteiger partial charge in [0.1, 0.15) is 0 Å². The largest absolute Gasteiger partial charge is 0.465 e. The summed E-state index contributed by atoms with van der Waals surface area (Å²) in [5, 5.41) is 0.234. The summed E-state index contributed by atoms with van der Waals surface area (Å²) in [5.41, 5.74) is 2.33. The van der Waals surface area contributed by atoms with Crippen LogP contribution < -0.4 is 0 Å². The molecule has 49 heavy (non-hydrogen) atoms. The van der Waals surface area contributed by atoms with E-state index in [2.05, 4.69) is 75.9 Å². The standard InChI is InChI=1S/C43H78N2O3S/c1-37(2)26-22-18-16-14-12-10-8-9-11-13-15-17-19-23-31-45(43(47)49-35-33-44(6)7)32-24-20-21-25-34-48-42(46)39(5)41-29-27-40(28-30-41)36-38(3)4/h27-30,37-39H,8-26,31-36H2,1-7H3. The zero-order valence-corrected chi connectivity index (χ0v) is 34.1. The topological polar surface area (TPSA) is 49.9 Å². The SMILES string of the molecule is CC(C)CCCCCCCCCCCCCCCCN(CCCCCCOC(=O)C(C)c1ccc(CC(C)C)cc1)C(=O)SCCN(C)C. The second kappa shape index (κ2) is 30.1. The first kappa shape index (κ1) is 45.5. The average molecular weight is 703 g/mol. The van der Waals surface area contributed by atoms with Crippen LogP contribution in [0.15, 0.2) is 24.3 Å². The van der Waals surface area contributed by atoms with Crippen molar-refractivity contribution in [3.8, 4) is 0 Å². The number of benzene rings is 1. The van der Waals surface area contributed by atoms with E-state index in [1.165, 1.54) is 107 Å². The van der Waals surface area contributed by atoms with Crippen LogP contribution in [0.3, 0.4) is 0 Å². The fraction of sp³-hybridized carbons (Fsp3) is 0.814. The lowest BCUT2D eigenvalue weighted by molar-refractivity contribution is -0.145. The predicted octanol–water partition coefficient (Wildman–Crippen LogP) is 12.3. The molecule has 284 valence electrons. The van der Waals surface area contributed by atoms with E-state index in [0.717, 1.165) is 75.4 Å². The van der Waals surface area contributed by atoms with Crippen molar-refractivity contribution in [3.63, 3.8) is 0 Å². The van der Waals surface area contributed by atoms with Crippen molar-refractivity contribution in [2.45, 2.75) is 169 Å². The second-order valence-electron chi connectivity index (χ2n) is 15.7. The number of nitrogens with zero attached hydrogens (tertiary/aromatic N) is 2. The number of rotatable bonds is 31. The first-order valence-corrected chi connectivity index (χ1v) is 21.4. The Balaban J connectivity index is 2.19. The van der Waals surface area contributed by atoms with Crippen LogP contribution >= 0.6 is 11.8 Å². The molecule has 0 saturated carbocycles. The summed E-state index contributed by atoms with van der Waals surface area (Å²) in [6.45, 7) is 14.1. The minimum absolute atomic E-state index is 0.142. The molecule has 1 aromatic carbocycles. The van der Waals surface area contributed by atoms with E-state index in [1.54, 1.807) is 0 Å². The van der Waals surface area contributed by atoms with Crippen LogP contribution in [-0.2, 0) is 16.0 Å². The predicted molar refractivity (Wildman–Crippen MR) is 215 cm³/mol. The quantitative estimate of drug-likeness (QED) is 0.0569. The number of hydrogen-bond donors (Lipinski definition) is 0. The Labute approximate surface area is 308 Å². The number of hydrogen-bond acceptors (Lipinski definition) is 5. The van der Waals surface area contributed by atoms with E-state index in [9.17, 15) is 9.59 Å². The third-order valence-electron chi connectivity index (χ3n) is 9.53. The Bertz CT molecular complexity index is 934. The molecule has 0 aliphatic carbocycles. The van der Waals surface area contributed by atoms with Crippen molar-refractivity contribution in [3.05, 3.63) is 35.4 Å². The summed E-state index contributed by atoms with van der Waals surface area (Å²) >= 11 is 1.47. The molecule has 0 aromatic heterocycles. The molecule has 0 spiro atoms. The van der Waals surface area contributed by atoms with Gasteiger partial charge in [0.2, 0.25) is 0 Å². The highest BCUT2D eigenvalue weighted by Crippen LogP contribution is 2.20. The van der Waals surface area contributed by atoms with Crippen molar-refractivity contribution in [1.29, 1.82) is 0 Å². The van der Waals surface area contributed by atoms with Crippen LogP contribution in [0, 0.1) is 11.8 Å².